The normalized spacial score (nSPS) is 15.2. The first-order chi connectivity index (χ1) is 12.7. The van der Waals surface area contributed by atoms with E-state index in [1.807, 2.05) is 36.1 Å². The van der Waals surface area contributed by atoms with Gasteiger partial charge in [0.05, 0.1) is 11.4 Å². The van der Waals surface area contributed by atoms with E-state index in [9.17, 15) is 9.59 Å². The molecule has 0 bridgehead atoms. The van der Waals surface area contributed by atoms with Gasteiger partial charge in [0.1, 0.15) is 12.4 Å². The third-order valence-electron chi connectivity index (χ3n) is 3.67. The second-order valence-corrected chi connectivity index (χ2v) is 6.41. The molecule has 0 saturated carbocycles. The van der Waals surface area contributed by atoms with Gasteiger partial charge < -0.3 is 9.64 Å². The standard InChI is InChI=1S/C18H18N4O3S/c1-2-22(17-19-8-3-9-20-17)10-11-25-14-6-4-13(5-7-14)12-15-16(23)21-18(24)26-15/h3-9,12H,2,10-11H2,1H3,(H,21,23,24)/b15-12+. The smallest absolute Gasteiger partial charge is 0.290 e. The molecule has 2 heterocycles. The van der Waals surface area contributed by atoms with Crippen molar-refractivity contribution in [2.75, 3.05) is 24.6 Å². The zero-order valence-electron chi connectivity index (χ0n) is 14.2. The fourth-order valence-corrected chi connectivity index (χ4v) is 3.04. The van der Waals surface area contributed by atoms with E-state index in [4.69, 9.17) is 4.74 Å². The number of nitrogens with zero attached hydrogens (tertiary/aromatic N) is 3. The van der Waals surface area contributed by atoms with Gasteiger partial charge in [0.15, 0.2) is 0 Å². The number of imide groups is 1. The predicted octanol–water partition coefficient (Wildman–Crippen LogP) is 2.71. The van der Waals surface area contributed by atoms with Crippen LogP contribution in [-0.2, 0) is 4.79 Å². The SMILES string of the molecule is CCN(CCOc1ccc(/C=C2/SC(=O)NC2=O)cc1)c1ncccn1. The van der Waals surface area contributed by atoms with E-state index in [0.717, 1.165) is 29.6 Å². The first-order valence-electron chi connectivity index (χ1n) is 8.15. The first-order valence-corrected chi connectivity index (χ1v) is 8.97. The highest BCUT2D eigenvalue weighted by molar-refractivity contribution is 8.18. The molecule has 1 N–H and O–H groups in total. The van der Waals surface area contributed by atoms with Crippen LogP contribution in [0.25, 0.3) is 6.08 Å². The van der Waals surface area contributed by atoms with E-state index in [0.29, 0.717) is 24.0 Å². The average molecular weight is 370 g/mol. The van der Waals surface area contributed by atoms with Gasteiger partial charge in [-0.2, -0.15) is 0 Å². The molecule has 2 amide bonds. The average Bonchev–Trinajstić information content (AvgIpc) is 2.98. The molecule has 3 rings (SSSR count). The molecule has 0 aliphatic carbocycles. The lowest BCUT2D eigenvalue weighted by atomic mass is 10.2. The van der Waals surface area contributed by atoms with Gasteiger partial charge in [0, 0.05) is 18.9 Å². The minimum Gasteiger partial charge on any atom is -0.492 e. The highest BCUT2D eigenvalue weighted by Gasteiger charge is 2.24. The Bertz CT molecular complexity index is 809. The molecule has 7 nitrogen and oxygen atoms in total. The number of benzene rings is 1. The molecule has 1 aromatic heterocycles. The van der Waals surface area contributed by atoms with E-state index >= 15 is 0 Å². The van der Waals surface area contributed by atoms with Crippen molar-refractivity contribution in [3.63, 3.8) is 0 Å². The maximum atomic E-state index is 11.5. The van der Waals surface area contributed by atoms with E-state index < -0.39 is 0 Å². The molecule has 1 aliphatic rings. The zero-order chi connectivity index (χ0) is 18.4. The van der Waals surface area contributed by atoms with Crippen molar-refractivity contribution in [1.29, 1.82) is 0 Å². The molecule has 0 atom stereocenters. The Labute approximate surface area is 155 Å². The van der Waals surface area contributed by atoms with Crippen LogP contribution in [0.3, 0.4) is 0 Å². The van der Waals surface area contributed by atoms with E-state index in [2.05, 4.69) is 15.3 Å². The van der Waals surface area contributed by atoms with Gasteiger partial charge >= 0.3 is 0 Å². The van der Waals surface area contributed by atoms with Crippen LogP contribution in [0.15, 0.2) is 47.6 Å². The van der Waals surface area contributed by atoms with Gasteiger partial charge in [-0.25, -0.2) is 9.97 Å². The Morgan fingerprint density at radius 2 is 1.92 bits per heavy atom. The molecule has 26 heavy (non-hydrogen) atoms. The first kappa shape index (κ1) is 17.9. The minimum absolute atomic E-state index is 0.343. The van der Waals surface area contributed by atoms with Gasteiger partial charge in [-0.05, 0) is 48.5 Å². The van der Waals surface area contributed by atoms with Crippen LogP contribution in [0, 0.1) is 0 Å². The van der Waals surface area contributed by atoms with Crippen LogP contribution < -0.4 is 15.0 Å². The summed E-state index contributed by atoms with van der Waals surface area (Å²) in [5, 5.41) is 1.89. The van der Waals surface area contributed by atoms with E-state index in [-0.39, 0.29) is 11.1 Å². The monoisotopic (exact) mass is 370 g/mol. The number of carbonyl (C=O) groups is 2. The number of likely N-dealkylation sites (N-methyl/N-ethyl adjacent to an activating group) is 1. The van der Waals surface area contributed by atoms with Crippen molar-refractivity contribution in [3.8, 4) is 5.75 Å². The van der Waals surface area contributed by atoms with Crippen LogP contribution in [0.5, 0.6) is 5.75 Å². The van der Waals surface area contributed by atoms with Crippen molar-refractivity contribution >= 4 is 34.9 Å². The zero-order valence-corrected chi connectivity index (χ0v) is 15.0. The summed E-state index contributed by atoms with van der Waals surface area (Å²) in [6, 6.07) is 9.14. The Morgan fingerprint density at radius 1 is 1.19 bits per heavy atom. The molecule has 8 heteroatoms. The lowest BCUT2D eigenvalue weighted by molar-refractivity contribution is -0.115. The third-order valence-corrected chi connectivity index (χ3v) is 4.48. The van der Waals surface area contributed by atoms with Crippen molar-refractivity contribution in [2.24, 2.45) is 0 Å². The Morgan fingerprint density at radius 3 is 2.54 bits per heavy atom. The van der Waals surface area contributed by atoms with E-state index in [1.165, 1.54) is 0 Å². The molecule has 1 fully saturated rings. The van der Waals surface area contributed by atoms with Gasteiger partial charge in [-0.15, -0.1) is 0 Å². The van der Waals surface area contributed by atoms with Crippen LogP contribution in [0.1, 0.15) is 12.5 Å². The maximum absolute atomic E-state index is 11.5. The summed E-state index contributed by atoms with van der Waals surface area (Å²) in [6.07, 6.45) is 5.12. The molecule has 1 saturated heterocycles. The summed E-state index contributed by atoms with van der Waals surface area (Å²) >= 11 is 0.903. The van der Waals surface area contributed by atoms with Crippen LogP contribution in [-0.4, -0.2) is 40.8 Å². The molecule has 2 aromatic rings. The Balaban J connectivity index is 1.54. The number of anilines is 1. The largest absolute Gasteiger partial charge is 0.492 e. The number of thioether (sulfide) groups is 1. The molecule has 1 aliphatic heterocycles. The topological polar surface area (TPSA) is 84.4 Å². The fraction of sp³-hybridized carbons (Fsp3) is 0.222. The number of aromatic nitrogens is 2. The van der Waals surface area contributed by atoms with Crippen LogP contribution >= 0.6 is 11.8 Å². The maximum Gasteiger partial charge on any atom is 0.290 e. The number of amides is 2. The number of ether oxygens (including phenoxy) is 1. The summed E-state index contributed by atoms with van der Waals surface area (Å²) in [7, 11) is 0. The third kappa shape index (κ3) is 4.60. The van der Waals surface area contributed by atoms with Crippen LogP contribution in [0.4, 0.5) is 10.7 Å². The van der Waals surface area contributed by atoms with Gasteiger partial charge in [0.25, 0.3) is 11.1 Å². The van der Waals surface area contributed by atoms with Crippen molar-refractivity contribution < 1.29 is 14.3 Å². The number of rotatable bonds is 7. The van der Waals surface area contributed by atoms with Gasteiger partial charge in [0.2, 0.25) is 5.95 Å². The molecule has 1 aromatic carbocycles. The van der Waals surface area contributed by atoms with Gasteiger partial charge in [-0.1, -0.05) is 12.1 Å². The predicted molar refractivity (Wildman–Crippen MR) is 101 cm³/mol. The van der Waals surface area contributed by atoms with Gasteiger partial charge in [-0.3, -0.25) is 14.9 Å². The van der Waals surface area contributed by atoms with Crippen molar-refractivity contribution in [2.45, 2.75) is 6.92 Å². The number of hydrogen-bond donors (Lipinski definition) is 1. The Hall–Kier alpha value is -2.87. The quantitative estimate of drug-likeness (QED) is 0.750. The summed E-state index contributed by atoms with van der Waals surface area (Å²) in [5.74, 6) is 1.06. The molecular formula is C18H18N4O3S. The Kier molecular flexibility index (Phi) is 5.85. The highest BCUT2D eigenvalue weighted by Crippen LogP contribution is 2.26. The van der Waals surface area contributed by atoms with Crippen molar-refractivity contribution in [1.82, 2.24) is 15.3 Å². The van der Waals surface area contributed by atoms with Crippen LogP contribution in [0.2, 0.25) is 0 Å². The lowest BCUT2D eigenvalue weighted by Gasteiger charge is -2.20. The molecular weight excluding hydrogens is 352 g/mol. The minimum atomic E-state index is -0.358. The molecule has 134 valence electrons. The number of hydrogen-bond acceptors (Lipinski definition) is 7. The highest BCUT2D eigenvalue weighted by atomic mass is 32.2. The lowest BCUT2D eigenvalue weighted by Crippen LogP contribution is -2.29. The summed E-state index contributed by atoms with van der Waals surface area (Å²) in [4.78, 5) is 33.6. The second kappa shape index (κ2) is 8.48. The fourth-order valence-electron chi connectivity index (χ4n) is 2.36. The van der Waals surface area contributed by atoms with Crippen molar-refractivity contribution in [3.05, 3.63) is 53.2 Å². The summed E-state index contributed by atoms with van der Waals surface area (Å²) in [6.45, 7) is 4.00. The summed E-state index contributed by atoms with van der Waals surface area (Å²) < 4.78 is 5.77. The van der Waals surface area contributed by atoms with E-state index in [1.54, 1.807) is 24.5 Å². The molecule has 0 spiro atoms. The second-order valence-electron chi connectivity index (χ2n) is 5.40. The molecule has 0 radical (unpaired) electrons. The number of nitrogens with one attached hydrogen (secondary N) is 1. The number of carbonyl (C=O) groups excluding carboxylic acids is 2. The summed E-state index contributed by atoms with van der Waals surface area (Å²) in [5.41, 5.74) is 0.831. The molecule has 0 unspecified atom stereocenters.